The Morgan fingerprint density at radius 3 is 2.45 bits per heavy atom. The van der Waals surface area contributed by atoms with Crippen LogP contribution in [-0.4, -0.2) is 37.7 Å². The summed E-state index contributed by atoms with van der Waals surface area (Å²) in [5, 5.41) is 9.68. The van der Waals surface area contributed by atoms with Crippen LogP contribution in [0.4, 0.5) is 13.2 Å². The Morgan fingerprint density at radius 1 is 1.09 bits per heavy atom. The maximum Gasteiger partial charge on any atom is 0.276 e. The molecule has 1 aromatic heterocycles. The predicted octanol–water partition coefficient (Wildman–Crippen LogP) is 3.94. The van der Waals surface area contributed by atoms with Crippen LogP contribution in [0, 0.1) is 23.4 Å². The van der Waals surface area contributed by atoms with E-state index in [4.69, 9.17) is 0 Å². The van der Waals surface area contributed by atoms with Crippen LogP contribution >= 0.6 is 0 Å². The summed E-state index contributed by atoms with van der Waals surface area (Å²) in [5.41, 5.74) is 2.22. The SMILES string of the molecule is CC(O)CCNS(=O)(=O)NC[C@H]1C[C@H](c2c(-c3ccc(F)cc3)[nH]c3c(F)cc(F)cc32)C1. The van der Waals surface area contributed by atoms with E-state index in [0.29, 0.717) is 35.9 Å². The number of H-pyrrole nitrogens is 1. The van der Waals surface area contributed by atoms with Crippen LogP contribution in [0.3, 0.4) is 0 Å². The molecule has 33 heavy (non-hydrogen) atoms. The van der Waals surface area contributed by atoms with Crippen LogP contribution in [0.5, 0.6) is 0 Å². The van der Waals surface area contributed by atoms with Crippen molar-refractivity contribution in [2.24, 2.45) is 5.92 Å². The van der Waals surface area contributed by atoms with Gasteiger partial charge in [0.25, 0.3) is 10.2 Å². The zero-order chi connectivity index (χ0) is 23.8. The van der Waals surface area contributed by atoms with Crippen molar-refractivity contribution in [1.29, 1.82) is 0 Å². The lowest BCUT2D eigenvalue weighted by Gasteiger charge is -2.36. The summed E-state index contributed by atoms with van der Waals surface area (Å²) in [5.74, 6) is -1.75. The summed E-state index contributed by atoms with van der Waals surface area (Å²) in [4.78, 5) is 3.04. The molecular weight excluding hydrogens is 455 g/mol. The molecule has 1 fully saturated rings. The molecule has 0 aliphatic heterocycles. The van der Waals surface area contributed by atoms with Gasteiger partial charge in [0.1, 0.15) is 17.5 Å². The smallest absolute Gasteiger partial charge is 0.276 e. The van der Waals surface area contributed by atoms with Crippen LogP contribution in [0.25, 0.3) is 22.2 Å². The number of nitrogens with one attached hydrogen (secondary N) is 3. The zero-order valence-electron chi connectivity index (χ0n) is 18.0. The van der Waals surface area contributed by atoms with Gasteiger partial charge in [0, 0.05) is 24.5 Å². The van der Waals surface area contributed by atoms with Crippen molar-refractivity contribution in [2.75, 3.05) is 13.1 Å². The van der Waals surface area contributed by atoms with E-state index in [1.54, 1.807) is 19.1 Å². The number of fused-ring (bicyclic) bond motifs is 1. The first kappa shape index (κ1) is 23.7. The van der Waals surface area contributed by atoms with Crippen molar-refractivity contribution < 1.29 is 26.7 Å². The maximum atomic E-state index is 14.5. The molecule has 1 atom stereocenters. The lowest BCUT2D eigenvalue weighted by Crippen LogP contribution is -2.42. The summed E-state index contributed by atoms with van der Waals surface area (Å²) < 4.78 is 70.9. The molecule has 0 saturated heterocycles. The molecule has 0 amide bonds. The van der Waals surface area contributed by atoms with Crippen molar-refractivity contribution >= 4 is 21.1 Å². The van der Waals surface area contributed by atoms with E-state index in [-0.39, 0.29) is 30.4 Å². The maximum absolute atomic E-state index is 14.5. The summed E-state index contributed by atoms with van der Waals surface area (Å²) in [6, 6.07) is 7.90. The molecule has 1 unspecified atom stereocenters. The highest BCUT2D eigenvalue weighted by molar-refractivity contribution is 7.87. The summed E-state index contributed by atoms with van der Waals surface area (Å²) in [6.07, 6.45) is 0.984. The van der Waals surface area contributed by atoms with Crippen molar-refractivity contribution in [3.05, 3.63) is 59.4 Å². The largest absolute Gasteiger partial charge is 0.393 e. The van der Waals surface area contributed by atoms with Crippen molar-refractivity contribution in [3.63, 3.8) is 0 Å². The number of aromatic amines is 1. The van der Waals surface area contributed by atoms with Crippen LogP contribution in [0.2, 0.25) is 0 Å². The van der Waals surface area contributed by atoms with Gasteiger partial charge in [-0.25, -0.2) is 22.6 Å². The molecule has 6 nitrogen and oxygen atoms in total. The second-order valence-electron chi connectivity index (χ2n) is 8.65. The molecule has 4 N–H and O–H groups in total. The van der Waals surface area contributed by atoms with Crippen molar-refractivity contribution in [1.82, 2.24) is 14.4 Å². The van der Waals surface area contributed by atoms with Crippen LogP contribution in [0.1, 0.15) is 37.7 Å². The molecular formula is C23H26F3N3O3S. The Labute approximate surface area is 190 Å². The Hall–Kier alpha value is -2.40. The molecule has 0 bridgehead atoms. The number of aliphatic hydroxyl groups is 1. The molecule has 4 rings (SSSR count). The van der Waals surface area contributed by atoms with Crippen LogP contribution in [0.15, 0.2) is 36.4 Å². The number of hydrogen-bond donors (Lipinski definition) is 4. The van der Waals surface area contributed by atoms with Crippen LogP contribution < -0.4 is 9.44 Å². The third-order valence-corrected chi connectivity index (χ3v) is 7.19. The second-order valence-corrected chi connectivity index (χ2v) is 10.2. The minimum absolute atomic E-state index is 0.0299. The third-order valence-electron chi connectivity index (χ3n) is 6.06. The van der Waals surface area contributed by atoms with Gasteiger partial charge in [-0.3, -0.25) is 0 Å². The minimum Gasteiger partial charge on any atom is -0.393 e. The molecule has 178 valence electrons. The zero-order valence-corrected chi connectivity index (χ0v) is 18.9. The number of rotatable bonds is 9. The average Bonchev–Trinajstić information content (AvgIpc) is 3.06. The average molecular weight is 482 g/mol. The van der Waals surface area contributed by atoms with Gasteiger partial charge in [0.2, 0.25) is 0 Å². The number of aromatic nitrogens is 1. The molecule has 3 aromatic rings. The lowest BCUT2D eigenvalue weighted by atomic mass is 9.70. The third kappa shape index (κ3) is 5.40. The van der Waals surface area contributed by atoms with Crippen molar-refractivity contribution in [3.8, 4) is 11.3 Å². The highest BCUT2D eigenvalue weighted by Crippen LogP contribution is 2.48. The topological polar surface area (TPSA) is 94.2 Å². The fourth-order valence-corrected chi connectivity index (χ4v) is 5.27. The number of halogens is 3. The standard InChI is InChI=1S/C23H26F3N3O3S/c1-13(30)6-7-27-33(31,32)28-12-14-8-16(9-14)21-19-10-18(25)11-20(26)23(19)29-22(21)15-2-4-17(24)5-3-15/h2-5,10-11,13-14,16,27-30H,6-9,12H2,1H3/t13?,14-,16-. The molecule has 1 saturated carbocycles. The molecule has 1 heterocycles. The predicted molar refractivity (Wildman–Crippen MR) is 120 cm³/mol. The number of hydrogen-bond acceptors (Lipinski definition) is 3. The van der Waals surface area contributed by atoms with E-state index < -0.39 is 33.8 Å². The first-order chi connectivity index (χ1) is 15.6. The molecule has 1 aliphatic rings. The molecule has 0 radical (unpaired) electrons. The van der Waals surface area contributed by atoms with E-state index in [2.05, 4.69) is 14.4 Å². The highest BCUT2D eigenvalue weighted by Gasteiger charge is 2.35. The Kier molecular flexibility index (Phi) is 6.81. The van der Waals surface area contributed by atoms with E-state index in [1.807, 2.05) is 0 Å². The quantitative estimate of drug-likeness (QED) is 0.373. The summed E-state index contributed by atoms with van der Waals surface area (Å²) in [6.45, 7) is 1.95. The van der Waals surface area contributed by atoms with Gasteiger partial charge in [-0.2, -0.15) is 8.42 Å². The number of benzene rings is 2. The second kappa shape index (κ2) is 9.46. The normalized spacial score (nSPS) is 19.5. The number of aliphatic hydroxyl groups excluding tert-OH is 1. The van der Waals surface area contributed by atoms with E-state index >= 15 is 0 Å². The van der Waals surface area contributed by atoms with E-state index in [1.165, 1.54) is 18.2 Å². The van der Waals surface area contributed by atoms with Gasteiger partial charge >= 0.3 is 0 Å². The summed E-state index contributed by atoms with van der Waals surface area (Å²) >= 11 is 0. The molecule has 2 aromatic carbocycles. The van der Waals surface area contributed by atoms with Gasteiger partial charge in [0.05, 0.1) is 17.3 Å². The van der Waals surface area contributed by atoms with Crippen molar-refractivity contribution in [2.45, 2.75) is 38.2 Å². The lowest BCUT2D eigenvalue weighted by molar-refractivity contribution is 0.186. The van der Waals surface area contributed by atoms with Gasteiger partial charge in [-0.05, 0) is 79.5 Å². The highest BCUT2D eigenvalue weighted by atomic mass is 32.2. The Morgan fingerprint density at radius 2 is 1.79 bits per heavy atom. The van der Waals surface area contributed by atoms with E-state index in [9.17, 15) is 26.7 Å². The first-order valence-corrected chi connectivity index (χ1v) is 12.3. The fraction of sp³-hybridized carbons (Fsp3) is 0.391. The first-order valence-electron chi connectivity index (χ1n) is 10.8. The monoisotopic (exact) mass is 481 g/mol. The van der Waals surface area contributed by atoms with Crippen LogP contribution in [-0.2, 0) is 10.2 Å². The molecule has 1 aliphatic carbocycles. The molecule has 10 heteroatoms. The van der Waals surface area contributed by atoms with Gasteiger partial charge < -0.3 is 10.1 Å². The van der Waals surface area contributed by atoms with Gasteiger partial charge in [0.15, 0.2) is 0 Å². The van der Waals surface area contributed by atoms with E-state index in [0.717, 1.165) is 11.6 Å². The fourth-order valence-electron chi connectivity index (χ4n) is 4.33. The summed E-state index contributed by atoms with van der Waals surface area (Å²) in [7, 11) is -3.67. The minimum atomic E-state index is -3.67. The van der Waals surface area contributed by atoms with Gasteiger partial charge in [-0.1, -0.05) is 0 Å². The Balaban J connectivity index is 1.51. The Bertz CT molecular complexity index is 1240. The molecule has 0 spiro atoms. The van der Waals surface area contributed by atoms with Gasteiger partial charge in [-0.15, -0.1) is 0 Å².